The van der Waals surface area contributed by atoms with Gasteiger partial charge in [0, 0.05) is 19.3 Å². The second-order valence-electron chi connectivity index (χ2n) is 17.3. The molecule has 6 nitrogen and oxygen atoms in total. The van der Waals surface area contributed by atoms with E-state index in [4.69, 9.17) is 14.2 Å². The van der Waals surface area contributed by atoms with E-state index in [0.717, 1.165) is 70.6 Å². The van der Waals surface area contributed by atoms with Gasteiger partial charge in [0.15, 0.2) is 6.10 Å². The number of esters is 3. The maximum Gasteiger partial charge on any atom is 0.306 e. The van der Waals surface area contributed by atoms with Gasteiger partial charge in [0.25, 0.3) is 0 Å². The molecule has 0 aliphatic rings. The first-order valence-electron chi connectivity index (χ1n) is 26.2. The Labute approximate surface area is 388 Å². The number of ether oxygens (including phenoxy) is 3. The number of rotatable bonds is 46. The molecule has 0 aromatic carbocycles. The Kier molecular flexibility index (Phi) is 48.5. The lowest BCUT2D eigenvalue weighted by atomic mass is 10.0. The average molecular weight is 877 g/mol. The van der Waals surface area contributed by atoms with Crippen molar-refractivity contribution in [2.24, 2.45) is 0 Å². The highest BCUT2D eigenvalue weighted by Gasteiger charge is 2.19. The van der Waals surface area contributed by atoms with Crippen molar-refractivity contribution < 1.29 is 28.6 Å². The van der Waals surface area contributed by atoms with Gasteiger partial charge in [-0.25, -0.2) is 0 Å². The summed E-state index contributed by atoms with van der Waals surface area (Å²) in [6, 6.07) is 0. The molecule has 0 aromatic rings. The summed E-state index contributed by atoms with van der Waals surface area (Å²) in [6.45, 7) is 6.45. The van der Waals surface area contributed by atoms with E-state index in [0.29, 0.717) is 19.3 Å². The maximum atomic E-state index is 12.8. The van der Waals surface area contributed by atoms with E-state index in [1.54, 1.807) is 0 Å². The summed E-state index contributed by atoms with van der Waals surface area (Å²) >= 11 is 0. The zero-order chi connectivity index (χ0) is 45.8. The summed E-state index contributed by atoms with van der Waals surface area (Å²) in [5.74, 6) is -0.932. The normalized spacial score (nSPS) is 12.7. The Morgan fingerprint density at radius 2 is 0.619 bits per heavy atom. The molecule has 0 bridgehead atoms. The van der Waals surface area contributed by atoms with Crippen LogP contribution in [0.4, 0.5) is 0 Å². The molecule has 0 amide bonds. The Bertz CT molecular complexity index is 1240. The molecule has 0 aliphatic carbocycles. The van der Waals surface area contributed by atoms with Crippen LogP contribution >= 0.6 is 0 Å². The third-order valence-corrected chi connectivity index (χ3v) is 11.1. The number of hydrogen-bond donors (Lipinski definition) is 0. The molecule has 1 unspecified atom stereocenters. The van der Waals surface area contributed by atoms with Gasteiger partial charge in [0.2, 0.25) is 0 Å². The van der Waals surface area contributed by atoms with Crippen LogP contribution < -0.4 is 0 Å². The first kappa shape index (κ1) is 59.6. The van der Waals surface area contributed by atoms with Gasteiger partial charge in [-0.3, -0.25) is 14.4 Å². The zero-order valence-corrected chi connectivity index (χ0v) is 41.1. The predicted octanol–water partition coefficient (Wildman–Crippen LogP) is 17.2. The van der Waals surface area contributed by atoms with Crippen molar-refractivity contribution in [3.63, 3.8) is 0 Å². The van der Waals surface area contributed by atoms with Crippen molar-refractivity contribution in [3.05, 3.63) is 85.1 Å². The standard InChI is InChI=1S/C57H96O6/c1-4-7-10-13-16-19-22-24-26-27-28-29-31-32-35-38-41-44-47-50-56(59)62-53-54(52-61-55(58)49-46-43-40-37-34-21-18-15-12-9-6-3)63-57(60)51-48-45-42-39-36-33-30-25-23-20-17-14-11-8-5-2/h7,10,13,16,19,22,24,26-29,31-32,35,54H,4-6,8-9,11-12,14-15,17-18,20-21,23,25,30,33-34,36-53H2,1-3H3/b10-7-,16-13-,22-19-,26-24-,28-27+,31-29-,35-32-. The Balaban J connectivity index is 4.46. The van der Waals surface area contributed by atoms with E-state index < -0.39 is 6.10 Å². The number of carbonyl (C=O) groups is 3. The van der Waals surface area contributed by atoms with Gasteiger partial charge in [-0.05, 0) is 38.5 Å². The van der Waals surface area contributed by atoms with Crippen molar-refractivity contribution in [3.8, 4) is 0 Å². The fraction of sp³-hybridized carbons (Fsp3) is 0.702. The first-order chi connectivity index (χ1) is 31.0. The third-order valence-electron chi connectivity index (χ3n) is 11.1. The highest BCUT2D eigenvalue weighted by atomic mass is 16.6. The molecule has 0 rings (SSSR count). The lowest BCUT2D eigenvalue weighted by molar-refractivity contribution is -0.167. The van der Waals surface area contributed by atoms with Crippen molar-refractivity contribution in [1.29, 1.82) is 0 Å². The van der Waals surface area contributed by atoms with Gasteiger partial charge in [-0.15, -0.1) is 0 Å². The monoisotopic (exact) mass is 877 g/mol. The summed E-state index contributed by atoms with van der Waals surface area (Å²) in [5.41, 5.74) is 0. The van der Waals surface area contributed by atoms with Gasteiger partial charge in [0.1, 0.15) is 13.2 Å². The van der Waals surface area contributed by atoms with Crippen LogP contribution in [-0.4, -0.2) is 37.2 Å². The van der Waals surface area contributed by atoms with E-state index in [1.807, 2.05) is 72.9 Å². The first-order valence-corrected chi connectivity index (χ1v) is 26.2. The molecule has 0 radical (unpaired) electrons. The molecule has 0 aromatic heterocycles. The minimum Gasteiger partial charge on any atom is -0.462 e. The summed E-state index contributed by atoms with van der Waals surface area (Å²) in [5, 5.41) is 0. The second-order valence-corrected chi connectivity index (χ2v) is 17.3. The number of hydrogen-bond acceptors (Lipinski definition) is 6. The fourth-order valence-electron chi connectivity index (χ4n) is 7.19. The lowest BCUT2D eigenvalue weighted by Gasteiger charge is -2.18. The molecule has 0 N–H and O–H groups in total. The van der Waals surface area contributed by atoms with Gasteiger partial charge < -0.3 is 14.2 Å². The SMILES string of the molecule is CC\C=C/C=C\C=C/C=C\C=C\C=C/C=C\CCCCCC(=O)OCC(COC(=O)CCCCCCCCCCCCC)OC(=O)CCCCCCCCCCCCCCCCC. The molecular weight excluding hydrogens is 781 g/mol. The van der Waals surface area contributed by atoms with Crippen LogP contribution in [0.5, 0.6) is 0 Å². The minimum absolute atomic E-state index is 0.0887. The van der Waals surface area contributed by atoms with Crippen LogP contribution in [-0.2, 0) is 28.6 Å². The van der Waals surface area contributed by atoms with Gasteiger partial charge in [-0.2, -0.15) is 0 Å². The quantitative estimate of drug-likeness (QED) is 0.0262. The molecule has 0 fully saturated rings. The molecule has 0 heterocycles. The van der Waals surface area contributed by atoms with Crippen molar-refractivity contribution >= 4 is 17.9 Å². The molecule has 0 spiro atoms. The van der Waals surface area contributed by atoms with E-state index in [9.17, 15) is 14.4 Å². The van der Waals surface area contributed by atoms with Crippen molar-refractivity contribution in [2.45, 2.75) is 245 Å². The molecule has 0 aliphatic heterocycles. The van der Waals surface area contributed by atoms with E-state index in [1.165, 1.54) is 128 Å². The smallest absolute Gasteiger partial charge is 0.306 e. The summed E-state index contributed by atoms with van der Waals surface area (Å²) < 4.78 is 16.8. The molecule has 0 saturated heterocycles. The Hall–Kier alpha value is -3.41. The van der Waals surface area contributed by atoms with E-state index >= 15 is 0 Å². The molecule has 63 heavy (non-hydrogen) atoms. The van der Waals surface area contributed by atoms with Crippen molar-refractivity contribution in [2.75, 3.05) is 13.2 Å². The second kappa shape index (κ2) is 51.2. The number of unbranched alkanes of at least 4 members (excludes halogenated alkanes) is 27. The minimum atomic E-state index is -0.791. The summed E-state index contributed by atoms with van der Waals surface area (Å²) in [6.07, 6.45) is 65.6. The Morgan fingerprint density at radius 3 is 0.968 bits per heavy atom. The molecule has 1 atom stereocenters. The molecule has 0 saturated carbocycles. The molecule has 360 valence electrons. The summed E-state index contributed by atoms with van der Waals surface area (Å²) in [4.78, 5) is 38.0. The molecular formula is C57H96O6. The Morgan fingerprint density at radius 1 is 0.333 bits per heavy atom. The largest absolute Gasteiger partial charge is 0.462 e. The van der Waals surface area contributed by atoms with Crippen LogP contribution in [0.2, 0.25) is 0 Å². The maximum absolute atomic E-state index is 12.8. The third kappa shape index (κ3) is 49.5. The van der Waals surface area contributed by atoms with Gasteiger partial charge in [-0.1, -0.05) is 266 Å². The number of carbonyl (C=O) groups excluding carboxylic acids is 3. The van der Waals surface area contributed by atoms with Crippen LogP contribution in [0.25, 0.3) is 0 Å². The average Bonchev–Trinajstić information content (AvgIpc) is 3.28. The van der Waals surface area contributed by atoms with Crippen molar-refractivity contribution in [1.82, 2.24) is 0 Å². The van der Waals surface area contributed by atoms with Gasteiger partial charge >= 0.3 is 17.9 Å². The van der Waals surface area contributed by atoms with Crippen LogP contribution in [0, 0.1) is 0 Å². The topological polar surface area (TPSA) is 78.9 Å². The molecule has 6 heteroatoms. The fourth-order valence-corrected chi connectivity index (χ4v) is 7.19. The summed E-state index contributed by atoms with van der Waals surface area (Å²) in [7, 11) is 0. The highest BCUT2D eigenvalue weighted by molar-refractivity contribution is 5.71. The van der Waals surface area contributed by atoms with Crippen LogP contribution in [0.1, 0.15) is 239 Å². The van der Waals surface area contributed by atoms with E-state index in [-0.39, 0.29) is 31.1 Å². The van der Waals surface area contributed by atoms with Gasteiger partial charge in [0.05, 0.1) is 0 Å². The number of allylic oxidation sites excluding steroid dienone is 14. The van der Waals surface area contributed by atoms with E-state index in [2.05, 4.69) is 32.9 Å². The lowest BCUT2D eigenvalue weighted by Crippen LogP contribution is -2.30. The highest BCUT2D eigenvalue weighted by Crippen LogP contribution is 2.16. The zero-order valence-electron chi connectivity index (χ0n) is 41.1. The van der Waals surface area contributed by atoms with Crippen LogP contribution in [0.15, 0.2) is 85.1 Å². The van der Waals surface area contributed by atoms with Crippen LogP contribution in [0.3, 0.4) is 0 Å². The predicted molar refractivity (Wildman–Crippen MR) is 270 cm³/mol.